The molecule has 86 valence electrons. The Balaban J connectivity index is 1.91. The molecule has 0 aromatic carbocycles. The number of nitriles is 1. The van der Waals surface area contributed by atoms with Gasteiger partial charge in [-0.1, -0.05) is 32.1 Å². The number of unbranched alkanes of at least 4 members (excludes halogenated alkanes) is 5. The van der Waals surface area contributed by atoms with Gasteiger partial charge in [-0.15, -0.1) is 0 Å². The van der Waals surface area contributed by atoms with Gasteiger partial charge in [-0.2, -0.15) is 17.0 Å². The second kappa shape index (κ2) is 7.14. The molecule has 1 heterocycles. The van der Waals surface area contributed by atoms with Crippen LogP contribution in [-0.2, 0) is 0 Å². The molecule has 3 heteroatoms. The van der Waals surface area contributed by atoms with Gasteiger partial charge in [-0.3, -0.25) is 0 Å². The zero-order valence-corrected chi connectivity index (χ0v) is 10.2. The van der Waals surface area contributed by atoms with Crippen molar-refractivity contribution in [2.75, 3.05) is 18.1 Å². The summed E-state index contributed by atoms with van der Waals surface area (Å²) in [7, 11) is 0. The van der Waals surface area contributed by atoms with E-state index in [0.29, 0.717) is 6.61 Å². The van der Waals surface area contributed by atoms with Crippen LogP contribution in [0, 0.1) is 16.7 Å². The van der Waals surface area contributed by atoms with Crippen molar-refractivity contribution < 1.29 is 5.11 Å². The predicted octanol–water partition coefficient (Wildman–Crippen LogP) is 2.97. The van der Waals surface area contributed by atoms with Crippen LogP contribution in [0.5, 0.6) is 0 Å². The van der Waals surface area contributed by atoms with Gasteiger partial charge >= 0.3 is 0 Å². The lowest BCUT2D eigenvalue weighted by Crippen LogP contribution is -2.33. The molecule has 1 aliphatic rings. The molecule has 1 saturated heterocycles. The fourth-order valence-corrected chi connectivity index (χ4v) is 3.01. The maximum absolute atomic E-state index is 9.02. The van der Waals surface area contributed by atoms with Crippen LogP contribution in [0.4, 0.5) is 0 Å². The topological polar surface area (TPSA) is 44.0 Å². The Morgan fingerprint density at radius 1 is 1.07 bits per heavy atom. The van der Waals surface area contributed by atoms with E-state index in [-0.39, 0.29) is 5.41 Å². The number of aliphatic hydroxyl groups is 1. The second-order valence-corrected chi connectivity index (χ2v) is 5.47. The first-order chi connectivity index (χ1) is 7.33. The van der Waals surface area contributed by atoms with E-state index in [1.165, 1.54) is 25.7 Å². The summed E-state index contributed by atoms with van der Waals surface area (Å²) >= 11 is 1.89. The van der Waals surface area contributed by atoms with Crippen LogP contribution in [0.15, 0.2) is 0 Å². The number of aliphatic hydroxyl groups excluding tert-OH is 1. The Kier molecular flexibility index (Phi) is 6.12. The lowest BCUT2D eigenvalue weighted by Gasteiger charge is -2.34. The molecular weight excluding hydrogens is 206 g/mol. The van der Waals surface area contributed by atoms with Crippen LogP contribution in [0.3, 0.4) is 0 Å². The van der Waals surface area contributed by atoms with Crippen molar-refractivity contribution in [2.45, 2.75) is 44.9 Å². The lowest BCUT2D eigenvalue weighted by atomic mass is 9.87. The van der Waals surface area contributed by atoms with E-state index < -0.39 is 0 Å². The first-order valence-electron chi connectivity index (χ1n) is 5.93. The fraction of sp³-hybridized carbons (Fsp3) is 0.917. The second-order valence-electron chi connectivity index (χ2n) is 4.48. The summed E-state index contributed by atoms with van der Waals surface area (Å²) in [5.74, 6) is 2.10. The molecule has 1 fully saturated rings. The smallest absolute Gasteiger partial charge is 0.0754 e. The molecule has 1 aliphatic heterocycles. The Hall–Kier alpha value is -0.200. The lowest BCUT2D eigenvalue weighted by molar-refractivity contribution is 0.282. The molecule has 0 amide bonds. The molecule has 15 heavy (non-hydrogen) atoms. The molecule has 2 nitrogen and oxygen atoms in total. The monoisotopic (exact) mass is 227 g/mol. The Morgan fingerprint density at radius 2 is 1.67 bits per heavy atom. The van der Waals surface area contributed by atoms with E-state index in [4.69, 9.17) is 10.4 Å². The van der Waals surface area contributed by atoms with E-state index in [9.17, 15) is 0 Å². The maximum atomic E-state index is 9.02. The van der Waals surface area contributed by atoms with E-state index in [1.54, 1.807) is 0 Å². The molecule has 1 rings (SSSR count). The van der Waals surface area contributed by atoms with E-state index in [0.717, 1.165) is 30.8 Å². The predicted molar refractivity (Wildman–Crippen MR) is 64.8 cm³/mol. The Labute approximate surface area is 97.1 Å². The van der Waals surface area contributed by atoms with Gasteiger partial charge in [0.2, 0.25) is 0 Å². The third-order valence-corrected chi connectivity index (χ3v) is 4.57. The zero-order chi connectivity index (χ0) is 11.0. The van der Waals surface area contributed by atoms with E-state index in [2.05, 4.69) is 6.07 Å². The van der Waals surface area contributed by atoms with Crippen molar-refractivity contribution in [3.8, 4) is 6.07 Å². The van der Waals surface area contributed by atoms with Gasteiger partial charge in [0.15, 0.2) is 0 Å². The first kappa shape index (κ1) is 12.9. The normalized spacial score (nSPS) is 18.1. The molecule has 0 aromatic rings. The highest BCUT2D eigenvalue weighted by Crippen LogP contribution is 2.41. The summed E-state index contributed by atoms with van der Waals surface area (Å²) in [6.07, 6.45) is 8.13. The number of nitrogens with zero attached hydrogens (tertiary/aromatic N) is 1. The van der Waals surface area contributed by atoms with Gasteiger partial charge in [0.1, 0.15) is 0 Å². The SMILES string of the molecule is N#CC1(CCCCCCCCO)CSC1. The van der Waals surface area contributed by atoms with Crippen LogP contribution < -0.4 is 0 Å². The average molecular weight is 227 g/mol. The van der Waals surface area contributed by atoms with E-state index in [1.807, 2.05) is 11.8 Å². The quantitative estimate of drug-likeness (QED) is 0.648. The van der Waals surface area contributed by atoms with E-state index >= 15 is 0 Å². The van der Waals surface area contributed by atoms with Crippen LogP contribution in [0.1, 0.15) is 44.9 Å². The molecule has 0 aromatic heterocycles. The summed E-state index contributed by atoms with van der Waals surface area (Å²) in [4.78, 5) is 0. The van der Waals surface area contributed by atoms with Crippen molar-refractivity contribution in [2.24, 2.45) is 5.41 Å². The largest absolute Gasteiger partial charge is 0.396 e. The zero-order valence-electron chi connectivity index (χ0n) is 9.37. The fourth-order valence-electron chi connectivity index (χ4n) is 1.90. The standard InChI is InChI=1S/C12H21NOS/c13-9-12(10-15-11-12)7-5-3-1-2-4-6-8-14/h14H,1-8,10-11H2. The maximum Gasteiger partial charge on any atom is 0.0754 e. The Morgan fingerprint density at radius 3 is 2.13 bits per heavy atom. The van der Waals surface area contributed by atoms with Crippen LogP contribution >= 0.6 is 11.8 Å². The number of hydrogen-bond acceptors (Lipinski definition) is 3. The van der Waals surface area contributed by atoms with Gasteiger partial charge in [0.25, 0.3) is 0 Å². The minimum absolute atomic E-state index is 0.0375. The molecule has 0 bridgehead atoms. The van der Waals surface area contributed by atoms with Gasteiger partial charge < -0.3 is 5.11 Å². The van der Waals surface area contributed by atoms with Crippen molar-refractivity contribution in [1.29, 1.82) is 5.26 Å². The third-order valence-electron chi connectivity index (χ3n) is 3.06. The highest BCUT2D eigenvalue weighted by Gasteiger charge is 2.37. The molecule has 0 atom stereocenters. The summed E-state index contributed by atoms with van der Waals surface area (Å²) in [6, 6.07) is 2.47. The highest BCUT2D eigenvalue weighted by molar-refractivity contribution is 8.00. The molecule has 0 saturated carbocycles. The number of thioether (sulfide) groups is 1. The molecule has 0 aliphatic carbocycles. The van der Waals surface area contributed by atoms with Crippen molar-refractivity contribution in [3.63, 3.8) is 0 Å². The summed E-state index contributed by atoms with van der Waals surface area (Å²) in [5, 5.41) is 17.6. The molecule has 0 unspecified atom stereocenters. The van der Waals surface area contributed by atoms with Gasteiger partial charge in [-0.25, -0.2) is 0 Å². The van der Waals surface area contributed by atoms with Crippen molar-refractivity contribution in [1.82, 2.24) is 0 Å². The number of hydrogen-bond donors (Lipinski definition) is 1. The van der Waals surface area contributed by atoms with Gasteiger partial charge in [0, 0.05) is 18.1 Å². The van der Waals surface area contributed by atoms with Crippen LogP contribution in [0.2, 0.25) is 0 Å². The van der Waals surface area contributed by atoms with Gasteiger partial charge in [-0.05, 0) is 12.8 Å². The summed E-state index contributed by atoms with van der Waals surface area (Å²) < 4.78 is 0. The van der Waals surface area contributed by atoms with Crippen LogP contribution in [0.25, 0.3) is 0 Å². The molecule has 0 radical (unpaired) electrons. The summed E-state index contributed by atoms with van der Waals surface area (Å²) in [6.45, 7) is 0.328. The Bertz CT molecular complexity index is 208. The number of rotatable bonds is 8. The molecule has 0 spiro atoms. The summed E-state index contributed by atoms with van der Waals surface area (Å²) in [5.41, 5.74) is 0.0375. The molecular formula is C12H21NOS. The molecule has 1 N–H and O–H groups in total. The third kappa shape index (κ3) is 4.44. The van der Waals surface area contributed by atoms with Crippen molar-refractivity contribution in [3.05, 3.63) is 0 Å². The average Bonchev–Trinajstić information content (AvgIpc) is 2.20. The van der Waals surface area contributed by atoms with Crippen LogP contribution in [-0.4, -0.2) is 23.2 Å². The minimum atomic E-state index is 0.0375. The van der Waals surface area contributed by atoms with Gasteiger partial charge in [0.05, 0.1) is 11.5 Å². The minimum Gasteiger partial charge on any atom is -0.396 e. The van der Waals surface area contributed by atoms with Crippen molar-refractivity contribution >= 4 is 11.8 Å². The first-order valence-corrected chi connectivity index (χ1v) is 7.08. The highest BCUT2D eigenvalue weighted by atomic mass is 32.2.